The third kappa shape index (κ3) is 5.77. The number of likely N-dealkylation sites (N-methyl/N-ethyl adjacent to an activating group) is 1. The number of anilines is 1. The van der Waals surface area contributed by atoms with Gasteiger partial charge in [-0.25, -0.2) is 0 Å². The van der Waals surface area contributed by atoms with E-state index in [2.05, 4.69) is 32.1 Å². The van der Waals surface area contributed by atoms with Crippen molar-refractivity contribution in [2.45, 2.75) is 6.04 Å². The summed E-state index contributed by atoms with van der Waals surface area (Å²) in [5, 5.41) is 14.0. The van der Waals surface area contributed by atoms with E-state index in [9.17, 15) is 14.9 Å². The van der Waals surface area contributed by atoms with Crippen LogP contribution in [0.3, 0.4) is 0 Å². The number of carbonyl (C=O) groups is 1. The number of hydrogen-bond acceptors (Lipinski definition) is 6. The van der Waals surface area contributed by atoms with E-state index in [1.807, 2.05) is 38.4 Å². The van der Waals surface area contributed by atoms with Gasteiger partial charge in [-0.3, -0.25) is 19.8 Å². The molecule has 1 heterocycles. The zero-order valence-electron chi connectivity index (χ0n) is 17.5. The molecule has 1 aliphatic heterocycles. The van der Waals surface area contributed by atoms with Crippen LogP contribution in [0, 0.1) is 10.1 Å². The molecule has 1 unspecified atom stereocenters. The van der Waals surface area contributed by atoms with Crippen molar-refractivity contribution in [3.63, 3.8) is 0 Å². The SMILES string of the molecule is CN(C)C(CNC(=O)CN1CCN(c2cccc([N+](=O)[O-])c2)CC1)c1ccccc1. The van der Waals surface area contributed by atoms with E-state index in [1.54, 1.807) is 12.1 Å². The molecule has 1 fully saturated rings. The number of rotatable bonds is 8. The summed E-state index contributed by atoms with van der Waals surface area (Å²) in [7, 11) is 4.02. The van der Waals surface area contributed by atoms with Crippen molar-refractivity contribution < 1.29 is 9.72 Å². The Kier molecular flexibility index (Phi) is 7.37. The highest BCUT2D eigenvalue weighted by Crippen LogP contribution is 2.22. The van der Waals surface area contributed by atoms with Crippen LogP contribution in [0.15, 0.2) is 54.6 Å². The summed E-state index contributed by atoms with van der Waals surface area (Å²) in [6.07, 6.45) is 0. The van der Waals surface area contributed by atoms with Gasteiger partial charge in [-0.05, 0) is 25.7 Å². The van der Waals surface area contributed by atoms with E-state index < -0.39 is 0 Å². The first-order valence-electron chi connectivity index (χ1n) is 10.1. The molecule has 0 aromatic heterocycles. The van der Waals surface area contributed by atoms with Gasteiger partial charge in [-0.1, -0.05) is 36.4 Å². The second-order valence-electron chi connectivity index (χ2n) is 7.73. The highest BCUT2D eigenvalue weighted by Gasteiger charge is 2.21. The molecule has 2 aromatic rings. The summed E-state index contributed by atoms with van der Waals surface area (Å²) in [6, 6.07) is 17.0. The number of nitro benzene ring substituents is 1. The lowest BCUT2D eigenvalue weighted by Gasteiger charge is -2.35. The van der Waals surface area contributed by atoms with Crippen molar-refractivity contribution >= 4 is 17.3 Å². The van der Waals surface area contributed by atoms with Crippen LogP contribution >= 0.6 is 0 Å². The quantitative estimate of drug-likeness (QED) is 0.529. The smallest absolute Gasteiger partial charge is 0.271 e. The van der Waals surface area contributed by atoms with Crippen molar-refractivity contribution in [3.8, 4) is 0 Å². The lowest BCUT2D eigenvalue weighted by atomic mass is 10.1. The topological polar surface area (TPSA) is 82.0 Å². The molecule has 1 N–H and O–H groups in total. The van der Waals surface area contributed by atoms with Gasteiger partial charge in [0.2, 0.25) is 5.91 Å². The minimum atomic E-state index is -0.374. The third-order valence-corrected chi connectivity index (χ3v) is 5.45. The Morgan fingerprint density at radius 1 is 1.10 bits per heavy atom. The minimum absolute atomic E-state index is 0.0154. The van der Waals surface area contributed by atoms with Crippen LogP contribution < -0.4 is 10.2 Å². The molecular weight excluding hydrogens is 382 g/mol. The summed E-state index contributed by atoms with van der Waals surface area (Å²) in [5.41, 5.74) is 2.13. The van der Waals surface area contributed by atoms with E-state index in [4.69, 9.17) is 0 Å². The molecule has 1 amide bonds. The standard InChI is InChI=1S/C22H29N5O3/c1-24(2)21(18-7-4-3-5-8-18)16-23-22(28)17-25-11-13-26(14-12-25)19-9-6-10-20(15-19)27(29)30/h3-10,15,21H,11-14,16-17H2,1-2H3,(H,23,28). The molecule has 8 nitrogen and oxygen atoms in total. The maximum Gasteiger partial charge on any atom is 0.271 e. The Hall–Kier alpha value is -2.97. The first kappa shape index (κ1) is 21.7. The van der Waals surface area contributed by atoms with Gasteiger partial charge in [0.15, 0.2) is 0 Å². The van der Waals surface area contributed by atoms with Gasteiger partial charge in [0.25, 0.3) is 5.69 Å². The maximum atomic E-state index is 12.5. The number of non-ortho nitro benzene ring substituents is 1. The Morgan fingerprint density at radius 2 is 1.80 bits per heavy atom. The molecule has 0 spiro atoms. The molecule has 0 radical (unpaired) electrons. The van der Waals surface area contributed by atoms with Crippen molar-refractivity contribution in [3.05, 3.63) is 70.3 Å². The van der Waals surface area contributed by atoms with Crippen LogP contribution in [0.2, 0.25) is 0 Å². The number of piperazine rings is 1. The maximum absolute atomic E-state index is 12.5. The molecule has 1 aliphatic rings. The lowest BCUT2D eigenvalue weighted by Crippen LogP contribution is -2.50. The van der Waals surface area contributed by atoms with Crippen LogP contribution in [0.1, 0.15) is 11.6 Å². The van der Waals surface area contributed by atoms with E-state index >= 15 is 0 Å². The molecule has 3 rings (SSSR count). The zero-order valence-corrected chi connectivity index (χ0v) is 17.5. The second kappa shape index (κ2) is 10.2. The number of nitrogens with zero attached hydrogens (tertiary/aromatic N) is 4. The van der Waals surface area contributed by atoms with Crippen molar-refractivity contribution in [1.82, 2.24) is 15.1 Å². The third-order valence-electron chi connectivity index (χ3n) is 5.45. The lowest BCUT2D eigenvalue weighted by molar-refractivity contribution is -0.384. The van der Waals surface area contributed by atoms with Gasteiger partial charge >= 0.3 is 0 Å². The van der Waals surface area contributed by atoms with Gasteiger partial charge in [-0.2, -0.15) is 0 Å². The summed E-state index contributed by atoms with van der Waals surface area (Å²) in [6.45, 7) is 3.87. The second-order valence-corrected chi connectivity index (χ2v) is 7.73. The largest absolute Gasteiger partial charge is 0.369 e. The number of nitro groups is 1. The van der Waals surface area contributed by atoms with Crippen LogP contribution in [0.25, 0.3) is 0 Å². The number of carbonyl (C=O) groups excluding carboxylic acids is 1. The fraction of sp³-hybridized carbons (Fsp3) is 0.409. The fourth-order valence-corrected chi connectivity index (χ4v) is 3.71. The van der Waals surface area contributed by atoms with Gasteiger partial charge < -0.3 is 15.1 Å². The fourth-order valence-electron chi connectivity index (χ4n) is 3.71. The molecule has 0 bridgehead atoms. The van der Waals surface area contributed by atoms with Gasteiger partial charge in [-0.15, -0.1) is 0 Å². The van der Waals surface area contributed by atoms with Crippen LogP contribution in [0.5, 0.6) is 0 Å². The molecular formula is C22H29N5O3. The average molecular weight is 412 g/mol. The molecule has 0 aliphatic carbocycles. The Labute approximate surface area is 177 Å². The number of hydrogen-bond donors (Lipinski definition) is 1. The van der Waals surface area contributed by atoms with Crippen LogP contribution in [0.4, 0.5) is 11.4 Å². The van der Waals surface area contributed by atoms with Crippen LogP contribution in [-0.4, -0.2) is 74.0 Å². The summed E-state index contributed by atoms with van der Waals surface area (Å²) in [5.74, 6) is 0.0154. The minimum Gasteiger partial charge on any atom is -0.369 e. The summed E-state index contributed by atoms with van der Waals surface area (Å²) < 4.78 is 0. The number of benzene rings is 2. The molecule has 1 saturated heterocycles. The number of amides is 1. The monoisotopic (exact) mass is 411 g/mol. The summed E-state index contributed by atoms with van der Waals surface area (Å²) in [4.78, 5) is 29.4. The predicted molar refractivity (Wildman–Crippen MR) is 118 cm³/mol. The molecule has 30 heavy (non-hydrogen) atoms. The van der Waals surface area contributed by atoms with E-state index in [1.165, 1.54) is 11.6 Å². The van der Waals surface area contributed by atoms with Crippen molar-refractivity contribution in [2.24, 2.45) is 0 Å². The van der Waals surface area contributed by atoms with E-state index in [0.29, 0.717) is 13.1 Å². The van der Waals surface area contributed by atoms with Crippen LogP contribution in [-0.2, 0) is 4.79 Å². The van der Waals surface area contributed by atoms with Gasteiger partial charge in [0.1, 0.15) is 0 Å². The number of nitrogens with one attached hydrogen (secondary N) is 1. The highest BCUT2D eigenvalue weighted by molar-refractivity contribution is 5.78. The first-order valence-corrected chi connectivity index (χ1v) is 10.1. The Morgan fingerprint density at radius 3 is 2.43 bits per heavy atom. The molecule has 2 aromatic carbocycles. The molecule has 8 heteroatoms. The van der Waals surface area contributed by atoms with Crippen molar-refractivity contribution in [2.75, 3.05) is 58.3 Å². The van der Waals surface area contributed by atoms with Gasteiger partial charge in [0.05, 0.1) is 17.5 Å². The molecule has 160 valence electrons. The Balaban J connectivity index is 1.47. The van der Waals surface area contributed by atoms with Gasteiger partial charge in [0, 0.05) is 50.5 Å². The first-order chi connectivity index (χ1) is 14.4. The normalized spacial score (nSPS) is 15.8. The highest BCUT2D eigenvalue weighted by atomic mass is 16.6. The van der Waals surface area contributed by atoms with E-state index in [0.717, 1.165) is 31.9 Å². The molecule has 1 atom stereocenters. The van der Waals surface area contributed by atoms with E-state index in [-0.39, 0.29) is 22.6 Å². The zero-order chi connectivity index (χ0) is 21.5. The molecule has 0 saturated carbocycles. The van der Waals surface area contributed by atoms with Crippen molar-refractivity contribution in [1.29, 1.82) is 0 Å². The Bertz CT molecular complexity index is 851. The predicted octanol–water partition coefficient (Wildman–Crippen LogP) is 2.14. The average Bonchev–Trinajstić information content (AvgIpc) is 2.75. The summed E-state index contributed by atoms with van der Waals surface area (Å²) >= 11 is 0.